The van der Waals surface area contributed by atoms with Gasteiger partial charge in [0.05, 0.1) is 10.9 Å². The summed E-state index contributed by atoms with van der Waals surface area (Å²) in [6, 6.07) is 0. The largest absolute Gasteiger partial charge is 0.379 e. The van der Waals surface area contributed by atoms with Gasteiger partial charge in [-0.1, -0.05) is 6.42 Å². The minimum Gasteiger partial charge on any atom is -0.379 e. The fourth-order valence-electron chi connectivity index (χ4n) is 1.68. The van der Waals surface area contributed by atoms with Crippen molar-refractivity contribution in [3.05, 3.63) is 0 Å². The van der Waals surface area contributed by atoms with Gasteiger partial charge in [0, 0.05) is 13.5 Å². The van der Waals surface area contributed by atoms with Crippen LogP contribution < -0.4 is 0 Å². The van der Waals surface area contributed by atoms with Crippen molar-refractivity contribution in [1.82, 2.24) is 0 Å². The molecule has 0 amide bonds. The maximum Gasteiger partial charge on any atom is 0.145 e. The number of thioether (sulfide) groups is 1. The van der Waals surface area contributed by atoms with Crippen LogP contribution in [0.15, 0.2) is 0 Å². The highest BCUT2D eigenvalue weighted by Crippen LogP contribution is 2.28. The summed E-state index contributed by atoms with van der Waals surface area (Å²) in [5, 5.41) is 0.270. The first-order valence-electron chi connectivity index (χ1n) is 5.74. The lowest BCUT2D eigenvalue weighted by molar-refractivity contribution is -0.120. The molecular weight excluding hydrogens is 208 g/mol. The topological polar surface area (TPSA) is 26.3 Å². The molecule has 3 heteroatoms. The minimum absolute atomic E-state index is 0.158. The first kappa shape index (κ1) is 13.0. The third kappa shape index (κ3) is 4.56. The molecule has 1 heterocycles. The van der Waals surface area contributed by atoms with Gasteiger partial charge in [-0.2, -0.15) is 11.8 Å². The lowest BCUT2D eigenvalue weighted by Gasteiger charge is -2.24. The molecule has 1 aliphatic heterocycles. The monoisotopic (exact) mass is 230 g/mol. The highest BCUT2D eigenvalue weighted by molar-refractivity contribution is 8.00. The van der Waals surface area contributed by atoms with Crippen molar-refractivity contribution < 1.29 is 9.53 Å². The van der Waals surface area contributed by atoms with Crippen molar-refractivity contribution in [1.29, 1.82) is 0 Å². The average molecular weight is 230 g/mol. The number of rotatable bonds is 5. The number of Topliss-reactive ketones (excluding diaryl/α,β-unsaturated/α-hetero) is 1. The molecule has 88 valence electrons. The second-order valence-corrected chi connectivity index (χ2v) is 6.10. The van der Waals surface area contributed by atoms with Gasteiger partial charge in [-0.25, -0.2) is 0 Å². The summed E-state index contributed by atoms with van der Waals surface area (Å²) in [7, 11) is 1.71. The fraction of sp³-hybridized carbons (Fsp3) is 0.917. The van der Waals surface area contributed by atoms with Crippen molar-refractivity contribution >= 4 is 17.5 Å². The van der Waals surface area contributed by atoms with Gasteiger partial charge in [-0.15, -0.1) is 0 Å². The standard InChI is InChI=1S/C12H22O2S/c1-12(2,14-3)8-7-10(13)11-6-4-5-9-15-11/h11H,4-9H2,1-3H3. The number of carbonyl (C=O) groups is 1. The molecule has 0 aromatic heterocycles. The molecule has 1 atom stereocenters. The summed E-state index contributed by atoms with van der Waals surface area (Å²) < 4.78 is 5.32. The second-order valence-electron chi connectivity index (χ2n) is 4.79. The molecule has 0 aromatic rings. The van der Waals surface area contributed by atoms with Crippen molar-refractivity contribution in [2.75, 3.05) is 12.9 Å². The highest BCUT2D eigenvalue weighted by Gasteiger charge is 2.24. The van der Waals surface area contributed by atoms with Gasteiger partial charge in [0.25, 0.3) is 0 Å². The Morgan fingerprint density at radius 2 is 2.20 bits per heavy atom. The number of methoxy groups -OCH3 is 1. The molecule has 1 unspecified atom stereocenters. The van der Waals surface area contributed by atoms with E-state index in [0.717, 1.165) is 18.6 Å². The van der Waals surface area contributed by atoms with Crippen LogP contribution in [0.5, 0.6) is 0 Å². The minimum atomic E-state index is -0.158. The van der Waals surface area contributed by atoms with Crippen molar-refractivity contribution in [3.63, 3.8) is 0 Å². The Labute approximate surface area is 97.1 Å². The van der Waals surface area contributed by atoms with Gasteiger partial charge in [-0.3, -0.25) is 4.79 Å². The highest BCUT2D eigenvalue weighted by atomic mass is 32.2. The number of ether oxygens (including phenoxy) is 1. The second kappa shape index (κ2) is 5.90. The van der Waals surface area contributed by atoms with Crippen molar-refractivity contribution in [2.45, 2.75) is 56.8 Å². The van der Waals surface area contributed by atoms with E-state index in [0.29, 0.717) is 12.2 Å². The third-order valence-corrected chi connectivity index (χ3v) is 4.49. The van der Waals surface area contributed by atoms with Gasteiger partial charge in [0.1, 0.15) is 5.78 Å². The smallest absolute Gasteiger partial charge is 0.145 e. The Hall–Kier alpha value is -0.0200. The fourth-order valence-corrected chi connectivity index (χ4v) is 2.97. The van der Waals surface area contributed by atoms with Gasteiger partial charge >= 0.3 is 0 Å². The Kier molecular flexibility index (Phi) is 5.13. The molecule has 1 fully saturated rings. The molecule has 0 spiro atoms. The van der Waals surface area contributed by atoms with E-state index in [4.69, 9.17) is 4.74 Å². The molecule has 15 heavy (non-hydrogen) atoms. The van der Waals surface area contributed by atoms with E-state index in [1.807, 2.05) is 25.6 Å². The zero-order valence-electron chi connectivity index (χ0n) is 10.0. The first-order valence-corrected chi connectivity index (χ1v) is 6.79. The van der Waals surface area contributed by atoms with Gasteiger partial charge in [-0.05, 0) is 38.9 Å². The van der Waals surface area contributed by atoms with Crippen LogP contribution in [0.3, 0.4) is 0 Å². The predicted octanol–water partition coefficient (Wildman–Crippen LogP) is 3.05. The Morgan fingerprint density at radius 1 is 1.47 bits per heavy atom. The molecule has 1 aliphatic rings. The first-order chi connectivity index (χ1) is 7.05. The molecule has 0 aromatic carbocycles. The van der Waals surface area contributed by atoms with Crippen molar-refractivity contribution in [2.24, 2.45) is 0 Å². The maximum atomic E-state index is 11.9. The van der Waals surface area contributed by atoms with Crippen LogP contribution in [0.4, 0.5) is 0 Å². The molecule has 1 rings (SSSR count). The molecular formula is C12H22O2S. The van der Waals surface area contributed by atoms with E-state index in [1.54, 1.807) is 7.11 Å². The molecule has 0 bridgehead atoms. The van der Waals surface area contributed by atoms with Crippen LogP contribution in [0.2, 0.25) is 0 Å². The van der Waals surface area contributed by atoms with E-state index in [9.17, 15) is 4.79 Å². The summed E-state index contributed by atoms with van der Waals surface area (Å²) in [4.78, 5) is 11.9. The zero-order chi connectivity index (χ0) is 11.3. The quantitative estimate of drug-likeness (QED) is 0.726. The van der Waals surface area contributed by atoms with E-state index >= 15 is 0 Å². The van der Waals surface area contributed by atoms with Gasteiger partial charge in [0.15, 0.2) is 0 Å². The summed E-state index contributed by atoms with van der Waals surface area (Å²) in [6.07, 6.45) is 5.07. The van der Waals surface area contributed by atoms with Crippen LogP contribution in [0.1, 0.15) is 46.0 Å². The van der Waals surface area contributed by atoms with Crippen LogP contribution in [0, 0.1) is 0 Å². The SMILES string of the molecule is COC(C)(C)CCC(=O)C1CCCCS1. The zero-order valence-corrected chi connectivity index (χ0v) is 10.9. The number of ketones is 1. The number of hydrogen-bond acceptors (Lipinski definition) is 3. The molecule has 0 saturated carbocycles. The van der Waals surface area contributed by atoms with E-state index in [1.165, 1.54) is 12.8 Å². The van der Waals surface area contributed by atoms with Gasteiger partial charge in [0.2, 0.25) is 0 Å². The van der Waals surface area contributed by atoms with E-state index < -0.39 is 0 Å². The summed E-state index contributed by atoms with van der Waals surface area (Å²) >= 11 is 1.84. The van der Waals surface area contributed by atoms with E-state index in [-0.39, 0.29) is 10.9 Å². The van der Waals surface area contributed by atoms with Crippen LogP contribution in [-0.2, 0) is 9.53 Å². The van der Waals surface area contributed by atoms with E-state index in [2.05, 4.69) is 0 Å². The van der Waals surface area contributed by atoms with Crippen molar-refractivity contribution in [3.8, 4) is 0 Å². The Morgan fingerprint density at radius 3 is 2.73 bits per heavy atom. The molecule has 0 aliphatic carbocycles. The normalized spacial score (nSPS) is 22.7. The lowest BCUT2D eigenvalue weighted by Crippen LogP contribution is -2.27. The molecule has 0 radical (unpaired) electrons. The Balaban J connectivity index is 2.28. The van der Waals surface area contributed by atoms with Crippen LogP contribution in [0.25, 0.3) is 0 Å². The number of carbonyl (C=O) groups excluding carboxylic acids is 1. The predicted molar refractivity (Wildman–Crippen MR) is 65.4 cm³/mol. The summed E-state index contributed by atoms with van der Waals surface area (Å²) in [6.45, 7) is 4.07. The Bertz CT molecular complexity index is 208. The third-order valence-electron chi connectivity index (χ3n) is 3.06. The average Bonchev–Trinajstić information content (AvgIpc) is 2.27. The maximum absolute atomic E-state index is 11.9. The van der Waals surface area contributed by atoms with Gasteiger partial charge < -0.3 is 4.74 Å². The summed E-state index contributed by atoms with van der Waals surface area (Å²) in [5.74, 6) is 1.58. The molecule has 1 saturated heterocycles. The number of hydrogen-bond donors (Lipinski definition) is 0. The molecule has 0 N–H and O–H groups in total. The lowest BCUT2D eigenvalue weighted by atomic mass is 9.98. The van der Waals surface area contributed by atoms with Crippen LogP contribution in [-0.4, -0.2) is 29.5 Å². The summed E-state index contributed by atoms with van der Waals surface area (Å²) in [5.41, 5.74) is -0.158. The molecule has 2 nitrogen and oxygen atoms in total. The van der Waals surface area contributed by atoms with Crippen LogP contribution >= 0.6 is 11.8 Å².